The van der Waals surface area contributed by atoms with Crippen LogP contribution in [-0.2, 0) is 77.4 Å². The Hall–Kier alpha value is -1.66. The summed E-state index contributed by atoms with van der Waals surface area (Å²) in [7, 11) is -22.7. The Morgan fingerprint density at radius 3 is 1.55 bits per heavy atom. The van der Waals surface area contributed by atoms with E-state index in [9.17, 15) is 62.0 Å². The van der Waals surface area contributed by atoms with Crippen LogP contribution in [0.5, 0.6) is 0 Å². The molecule has 6 atom stereocenters. The van der Waals surface area contributed by atoms with Gasteiger partial charge in [-0.3, -0.25) is 23.0 Å². The molecule has 1 aliphatic heterocycles. The van der Waals surface area contributed by atoms with Gasteiger partial charge in [0.05, 0.1) is 19.3 Å². The molecule has 1 amide bonds. The molecule has 1 saturated heterocycles. The SMILES string of the molecule is CCCCCCCCCCCCCCCCCCO[C@]1(C(=O)O)C[C@H](OS(=O)(=O)O)[C@@H](NC(C)=O)[C@H]([C@H](OS(=O)(=O)O)[C@@H](COS(=O)(=O)O)OS(=O)(=O)O)O1. The fourth-order valence-corrected chi connectivity index (χ4v) is 7.81. The first-order chi connectivity index (χ1) is 25.4. The van der Waals surface area contributed by atoms with Crippen molar-refractivity contribution in [3.63, 3.8) is 0 Å². The third-order valence-corrected chi connectivity index (χ3v) is 10.3. The van der Waals surface area contributed by atoms with Gasteiger partial charge in [-0.25, -0.2) is 21.5 Å². The molecule has 0 aliphatic carbocycles. The first-order valence-electron chi connectivity index (χ1n) is 17.8. The number of aliphatic carboxylic acids is 1. The molecule has 26 heteroatoms. The van der Waals surface area contributed by atoms with E-state index in [-0.39, 0.29) is 6.42 Å². The molecule has 55 heavy (non-hydrogen) atoms. The fourth-order valence-electron chi connectivity index (χ4n) is 6.01. The maximum Gasteiger partial charge on any atom is 0.397 e. The largest absolute Gasteiger partial charge is 0.477 e. The highest BCUT2D eigenvalue weighted by atomic mass is 32.3. The van der Waals surface area contributed by atoms with E-state index in [1.165, 1.54) is 51.4 Å². The van der Waals surface area contributed by atoms with Gasteiger partial charge in [-0.15, -0.1) is 0 Å². The van der Waals surface area contributed by atoms with Crippen LogP contribution in [0.15, 0.2) is 0 Å². The van der Waals surface area contributed by atoms with Crippen LogP contribution < -0.4 is 5.32 Å². The Morgan fingerprint density at radius 2 is 1.16 bits per heavy atom. The Labute approximate surface area is 323 Å². The zero-order valence-electron chi connectivity index (χ0n) is 30.7. The lowest BCUT2D eigenvalue weighted by Gasteiger charge is -2.47. The summed E-state index contributed by atoms with van der Waals surface area (Å²) in [5, 5.41) is 12.3. The van der Waals surface area contributed by atoms with Crippen LogP contribution in [0.2, 0.25) is 0 Å². The number of carboxylic acids is 1. The van der Waals surface area contributed by atoms with E-state index in [1.54, 1.807) is 0 Å². The van der Waals surface area contributed by atoms with E-state index >= 15 is 0 Å². The molecule has 0 radical (unpaired) electrons. The van der Waals surface area contributed by atoms with Gasteiger partial charge in [0.15, 0.2) is 0 Å². The van der Waals surface area contributed by atoms with Gasteiger partial charge in [0.2, 0.25) is 5.91 Å². The smallest absolute Gasteiger partial charge is 0.397 e. The monoisotopic (exact) mass is 881 g/mol. The third-order valence-electron chi connectivity index (χ3n) is 8.37. The number of hydrogen-bond donors (Lipinski definition) is 6. The van der Waals surface area contributed by atoms with Crippen molar-refractivity contribution < 1.29 is 92.8 Å². The van der Waals surface area contributed by atoms with Crippen molar-refractivity contribution in [3.05, 3.63) is 0 Å². The predicted molar refractivity (Wildman–Crippen MR) is 190 cm³/mol. The second-order valence-electron chi connectivity index (χ2n) is 13.0. The minimum atomic E-state index is -5.85. The van der Waals surface area contributed by atoms with Gasteiger partial charge >= 0.3 is 47.6 Å². The van der Waals surface area contributed by atoms with E-state index < -0.39 is 109 Å². The van der Waals surface area contributed by atoms with Crippen molar-refractivity contribution >= 4 is 53.5 Å². The highest BCUT2D eigenvalue weighted by molar-refractivity contribution is 7.81. The van der Waals surface area contributed by atoms with E-state index in [0.29, 0.717) is 6.42 Å². The van der Waals surface area contributed by atoms with E-state index in [0.717, 1.165) is 45.4 Å². The second-order valence-corrected chi connectivity index (χ2v) is 17.3. The number of nitrogens with one attached hydrogen (secondary N) is 1. The van der Waals surface area contributed by atoms with E-state index in [1.807, 2.05) is 5.32 Å². The average Bonchev–Trinajstić information content (AvgIpc) is 3.02. The second kappa shape index (κ2) is 24.3. The number of rotatable bonds is 31. The summed E-state index contributed by atoms with van der Waals surface area (Å²) >= 11 is 0. The maximum absolute atomic E-state index is 12.7. The molecule has 6 N–H and O–H groups in total. The van der Waals surface area contributed by atoms with Crippen molar-refractivity contribution in [2.24, 2.45) is 0 Å². The zero-order valence-corrected chi connectivity index (χ0v) is 34.0. The minimum absolute atomic E-state index is 0.196. The molecule has 0 saturated carbocycles. The Kier molecular flexibility index (Phi) is 22.7. The molecule has 0 aromatic carbocycles. The zero-order chi connectivity index (χ0) is 41.9. The normalized spacial score (nSPS) is 22.3. The van der Waals surface area contributed by atoms with Gasteiger partial charge in [0.1, 0.15) is 24.4 Å². The highest BCUT2D eigenvalue weighted by Gasteiger charge is 2.59. The molecule has 0 unspecified atom stereocenters. The summed E-state index contributed by atoms with van der Waals surface area (Å²) in [6.07, 6.45) is 4.75. The molecule has 0 bridgehead atoms. The standard InChI is InChI=1S/C29H55NO21S4/c1-3-4-5-6-7-8-9-10-11-12-13-14-15-16-17-18-19-46-29(28(32)33)20-23(49-53(37,38)39)25(30-22(2)31)27(48-29)26(51-55(43,44)45)24(50-54(40,41)42)21-47-52(34,35)36/h23-27H,3-21H2,1-2H3,(H,30,31)(H,32,33)(H,34,35,36)(H,37,38,39)(H,40,41,42)(H,43,44,45)/t23-,24+,25+,26+,27+,29+/m0/s1. The highest BCUT2D eigenvalue weighted by Crippen LogP contribution is 2.37. The summed E-state index contributed by atoms with van der Waals surface area (Å²) in [6.45, 7) is 0.798. The number of hydrogen-bond acceptors (Lipinski definition) is 16. The topological polar surface area (TPSA) is 339 Å². The first kappa shape index (κ1) is 51.4. The van der Waals surface area contributed by atoms with Crippen LogP contribution in [-0.4, -0.2) is 118 Å². The van der Waals surface area contributed by atoms with Crippen molar-refractivity contribution in [1.29, 1.82) is 0 Å². The fraction of sp³-hybridized carbons (Fsp3) is 0.931. The summed E-state index contributed by atoms with van der Waals surface area (Å²) in [5.74, 6) is -6.20. The molecule has 1 rings (SSSR count). The number of amides is 1. The van der Waals surface area contributed by atoms with Crippen molar-refractivity contribution in [1.82, 2.24) is 5.32 Å². The van der Waals surface area contributed by atoms with Crippen LogP contribution in [0, 0.1) is 0 Å². The number of carbonyl (C=O) groups is 2. The third kappa shape index (κ3) is 23.4. The lowest BCUT2D eigenvalue weighted by Crippen LogP contribution is -2.69. The van der Waals surface area contributed by atoms with Gasteiger partial charge in [-0.1, -0.05) is 103 Å². The molecule has 0 aromatic heterocycles. The molecule has 0 spiro atoms. The minimum Gasteiger partial charge on any atom is -0.477 e. The molecule has 1 aliphatic rings. The summed E-state index contributed by atoms with van der Waals surface area (Å²) in [6, 6.07) is -2.18. The maximum atomic E-state index is 12.7. The number of unbranched alkanes of at least 4 members (excludes halogenated alkanes) is 15. The van der Waals surface area contributed by atoms with Gasteiger partial charge in [-0.05, 0) is 6.42 Å². The molecule has 326 valence electrons. The van der Waals surface area contributed by atoms with Crippen LogP contribution in [0.1, 0.15) is 123 Å². The predicted octanol–water partition coefficient (Wildman–Crippen LogP) is 2.72. The van der Waals surface area contributed by atoms with Crippen molar-refractivity contribution in [2.45, 2.75) is 159 Å². The van der Waals surface area contributed by atoms with Gasteiger partial charge in [0.25, 0.3) is 5.79 Å². The molecular weight excluding hydrogens is 827 g/mol. The van der Waals surface area contributed by atoms with Crippen LogP contribution >= 0.6 is 0 Å². The van der Waals surface area contributed by atoms with E-state index in [2.05, 4.69) is 23.7 Å². The van der Waals surface area contributed by atoms with Crippen LogP contribution in [0.4, 0.5) is 0 Å². The van der Waals surface area contributed by atoms with Crippen molar-refractivity contribution in [2.75, 3.05) is 13.2 Å². The van der Waals surface area contributed by atoms with Crippen LogP contribution in [0.3, 0.4) is 0 Å². The summed E-state index contributed by atoms with van der Waals surface area (Å²) in [4.78, 5) is 24.9. The molecular formula is C29H55NO21S4. The lowest BCUT2D eigenvalue weighted by atomic mass is 9.88. The van der Waals surface area contributed by atoms with Crippen molar-refractivity contribution in [3.8, 4) is 0 Å². The van der Waals surface area contributed by atoms with Gasteiger partial charge in [0, 0.05) is 13.3 Å². The Balaban J connectivity index is 3.19. The summed E-state index contributed by atoms with van der Waals surface area (Å²) < 4.78 is 159. The Bertz CT molecular complexity index is 1610. The lowest BCUT2D eigenvalue weighted by molar-refractivity contribution is -0.307. The molecule has 1 heterocycles. The molecule has 22 nitrogen and oxygen atoms in total. The number of ether oxygens (including phenoxy) is 2. The first-order valence-corrected chi connectivity index (χ1v) is 23.3. The number of carboxylic acid groups (broad SMARTS) is 1. The quantitative estimate of drug-likeness (QED) is 0.0430. The number of carbonyl (C=O) groups excluding carboxylic acids is 1. The molecule has 0 aromatic rings. The van der Waals surface area contributed by atoms with Gasteiger partial charge < -0.3 is 19.9 Å². The Morgan fingerprint density at radius 1 is 0.709 bits per heavy atom. The van der Waals surface area contributed by atoms with Crippen LogP contribution in [0.25, 0.3) is 0 Å². The van der Waals surface area contributed by atoms with E-state index in [4.69, 9.17) is 14.0 Å². The van der Waals surface area contributed by atoms with Gasteiger partial charge in [-0.2, -0.15) is 33.7 Å². The average molecular weight is 882 g/mol. The molecule has 1 fully saturated rings. The summed E-state index contributed by atoms with van der Waals surface area (Å²) in [5.41, 5.74) is 0.